The van der Waals surface area contributed by atoms with Crippen molar-refractivity contribution in [3.63, 3.8) is 0 Å². The van der Waals surface area contributed by atoms with Gasteiger partial charge < -0.3 is 15.4 Å². The number of hydrogen-bond acceptors (Lipinski definition) is 3. The molecule has 1 atom stereocenters. The highest BCUT2D eigenvalue weighted by Crippen LogP contribution is 2.22. The Labute approximate surface area is 116 Å². The first kappa shape index (κ1) is 13.9. The summed E-state index contributed by atoms with van der Waals surface area (Å²) >= 11 is 0. The third-order valence-corrected chi connectivity index (χ3v) is 2.96. The van der Waals surface area contributed by atoms with Gasteiger partial charge in [-0.2, -0.15) is 0 Å². The van der Waals surface area contributed by atoms with E-state index >= 15 is 0 Å². The third-order valence-electron chi connectivity index (χ3n) is 2.96. The van der Waals surface area contributed by atoms with Crippen molar-refractivity contribution in [3.05, 3.63) is 42.5 Å². The van der Waals surface area contributed by atoms with Crippen LogP contribution in [0.2, 0.25) is 0 Å². The van der Waals surface area contributed by atoms with Crippen molar-refractivity contribution < 1.29 is 14.3 Å². The highest BCUT2D eigenvalue weighted by Gasteiger charge is 2.16. The molecule has 5 heteroatoms. The van der Waals surface area contributed by atoms with Gasteiger partial charge in [-0.25, -0.2) is 4.79 Å². The highest BCUT2D eigenvalue weighted by molar-refractivity contribution is 6.04. The lowest BCUT2D eigenvalue weighted by atomic mass is 10.1. The molecule has 0 aromatic heterocycles. The van der Waals surface area contributed by atoms with E-state index in [1.165, 1.54) is 7.11 Å². The summed E-state index contributed by atoms with van der Waals surface area (Å²) in [6.07, 6.45) is -0.634. The van der Waals surface area contributed by atoms with E-state index in [4.69, 9.17) is 0 Å². The lowest BCUT2D eigenvalue weighted by molar-refractivity contribution is -0.117. The standard InChI is InChI=1S/C15H16N2O3/c1-10(16-15(19)20-2)14(18)17-13-9-5-7-11-6-3-4-8-12(11)13/h3-10H,1-2H3,(H,16,19)(H,17,18)/t10-/m0/s1. The fraction of sp³-hybridized carbons (Fsp3) is 0.200. The summed E-state index contributed by atoms with van der Waals surface area (Å²) in [4.78, 5) is 23.1. The molecule has 2 aromatic carbocycles. The number of hydrogen-bond donors (Lipinski definition) is 2. The molecule has 5 nitrogen and oxygen atoms in total. The second-order valence-corrected chi connectivity index (χ2v) is 4.37. The lowest BCUT2D eigenvalue weighted by Crippen LogP contribution is -2.41. The molecule has 0 bridgehead atoms. The molecule has 0 heterocycles. The zero-order valence-electron chi connectivity index (χ0n) is 11.3. The molecule has 0 saturated heterocycles. The number of benzene rings is 2. The van der Waals surface area contributed by atoms with Crippen LogP contribution in [0.4, 0.5) is 10.5 Å². The Hall–Kier alpha value is -2.56. The molecule has 2 aromatic rings. The Balaban J connectivity index is 2.16. The minimum Gasteiger partial charge on any atom is -0.453 e. The van der Waals surface area contributed by atoms with Gasteiger partial charge in [0.25, 0.3) is 0 Å². The maximum Gasteiger partial charge on any atom is 0.407 e. The molecule has 0 aliphatic carbocycles. The lowest BCUT2D eigenvalue weighted by Gasteiger charge is -2.14. The summed E-state index contributed by atoms with van der Waals surface area (Å²) in [5, 5.41) is 7.22. The van der Waals surface area contributed by atoms with E-state index in [1.807, 2.05) is 42.5 Å². The minimum atomic E-state index is -0.679. The Morgan fingerprint density at radius 2 is 1.80 bits per heavy atom. The third kappa shape index (κ3) is 3.06. The molecule has 20 heavy (non-hydrogen) atoms. The molecule has 0 unspecified atom stereocenters. The predicted octanol–water partition coefficient (Wildman–Crippen LogP) is 2.52. The van der Waals surface area contributed by atoms with E-state index in [9.17, 15) is 9.59 Å². The van der Waals surface area contributed by atoms with Crippen LogP contribution < -0.4 is 10.6 Å². The fourth-order valence-electron chi connectivity index (χ4n) is 1.88. The number of amides is 2. The first-order valence-corrected chi connectivity index (χ1v) is 6.25. The van der Waals surface area contributed by atoms with Crippen molar-refractivity contribution in [2.45, 2.75) is 13.0 Å². The smallest absolute Gasteiger partial charge is 0.407 e. The number of rotatable bonds is 3. The second-order valence-electron chi connectivity index (χ2n) is 4.37. The molecule has 0 aliphatic heterocycles. The van der Waals surface area contributed by atoms with Gasteiger partial charge in [-0.3, -0.25) is 4.79 Å². The van der Waals surface area contributed by atoms with E-state index in [0.717, 1.165) is 10.8 Å². The van der Waals surface area contributed by atoms with E-state index in [-0.39, 0.29) is 5.91 Å². The summed E-state index contributed by atoms with van der Waals surface area (Å²) in [6.45, 7) is 1.59. The summed E-state index contributed by atoms with van der Waals surface area (Å²) in [5.41, 5.74) is 0.714. The topological polar surface area (TPSA) is 67.4 Å². The largest absolute Gasteiger partial charge is 0.453 e. The molecular formula is C15H16N2O3. The van der Waals surface area contributed by atoms with E-state index in [0.29, 0.717) is 5.69 Å². The number of methoxy groups -OCH3 is 1. The Kier molecular flexibility index (Phi) is 4.20. The molecule has 0 aliphatic rings. The van der Waals surface area contributed by atoms with E-state index in [2.05, 4.69) is 15.4 Å². The second kappa shape index (κ2) is 6.06. The zero-order chi connectivity index (χ0) is 14.5. The van der Waals surface area contributed by atoms with E-state index < -0.39 is 12.1 Å². The Morgan fingerprint density at radius 3 is 2.55 bits per heavy atom. The summed E-state index contributed by atoms with van der Waals surface area (Å²) < 4.78 is 4.46. The van der Waals surface area contributed by atoms with Crippen molar-refractivity contribution in [2.24, 2.45) is 0 Å². The first-order valence-electron chi connectivity index (χ1n) is 6.25. The highest BCUT2D eigenvalue weighted by atomic mass is 16.5. The van der Waals surface area contributed by atoms with Gasteiger partial charge in [-0.1, -0.05) is 36.4 Å². The van der Waals surface area contributed by atoms with Crippen LogP contribution in [0.1, 0.15) is 6.92 Å². The Morgan fingerprint density at radius 1 is 1.10 bits per heavy atom. The van der Waals surface area contributed by atoms with Crippen LogP contribution in [0.25, 0.3) is 10.8 Å². The molecule has 0 saturated carbocycles. The quantitative estimate of drug-likeness (QED) is 0.902. The van der Waals surface area contributed by atoms with Gasteiger partial charge in [-0.15, -0.1) is 0 Å². The average molecular weight is 272 g/mol. The summed E-state index contributed by atoms with van der Waals surface area (Å²) in [5.74, 6) is -0.299. The average Bonchev–Trinajstić information content (AvgIpc) is 2.47. The monoisotopic (exact) mass is 272 g/mol. The van der Waals surface area contributed by atoms with Crippen LogP contribution in [-0.2, 0) is 9.53 Å². The number of nitrogens with one attached hydrogen (secondary N) is 2. The Bertz CT molecular complexity index is 635. The SMILES string of the molecule is COC(=O)N[C@@H](C)C(=O)Nc1cccc2ccccc12. The molecule has 0 spiro atoms. The number of carbonyl (C=O) groups excluding carboxylic acids is 2. The number of anilines is 1. The van der Waals surface area contributed by atoms with Gasteiger partial charge >= 0.3 is 6.09 Å². The van der Waals surface area contributed by atoms with Crippen molar-refractivity contribution in [1.82, 2.24) is 5.32 Å². The normalized spacial score (nSPS) is 11.7. The van der Waals surface area contributed by atoms with Crippen molar-refractivity contribution in [1.29, 1.82) is 0 Å². The molecule has 2 amide bonds. The van der Waals surface area contributed by atoms with Crippen molar-refractivity contribution in [2.75, 3.05) is 12.4 Å². The van der Waals surface area contributed by atoms with Crippen LogP contribution in [-0.4, -0.2) is 25.2 Å². The number of ether oxygens (including phenoxy) is 1. The van der Waals surface area contributed by atoms with Gasteiger partial charge in [0.1, 0.15) is 6.04 Å². The molecule has 0 radical (unpaired) electrons. The number of carbonyl (C=O) groups is 2. The van der Waals surface area contributed by atoms with Crippen molar-refractivity contribution >= 4 is 28.5 Å². The van der Waals surface area contributed by atoms with Gasteiger partial charge in [0.15, 0.2) is 0 Å². The molecule has 0 fully saturated rings. The first-order chi connectivity index (χ1) is 9.61. The molecular weight excluding hydrogens is 256 g/mol. The fourth-order valence-corrected chi connectivity index (χ4v) is 1.88. The van der Waals surface area contributed by atoms with Crippen molar-refractivity contribution in [3.8, 4) is 0 Å². The molecule has 2 N–H and O–H groups in total. The zero-order valence-corrected chi connectivity index (χ0v) is 11.3. The van der Waals surface area contributed by atoms with Crippen LogP contribution in [0.3, 0.4) is 0 Å². The number of alkyl carbamates (subject to hydrolysis) is 1. The predicted molar refractivity (Wildman–Crippen MR) is 77.6 cm³/mol. The number of fused-ring (bicyclic) bond motifs is 1. The minimum absolute atomic E-state index is 0.299. The van der Waals surface area contributed by atoms with Crippen LogP contribution >= 0.6 is 0 Å². The maximum atomic E-state index is 12.0. The van der Waals surface area contributed by atoms with Gasteiger partial charge in [0.05, 0.1) is 7.11 Å². The van der Waals surface area contributed by atoms with E-state index in [1.54, 1.807) is 6.92 Å². The molecule has 104 valence electrons. The summed E-state index contributed by atoms with van der Waals surface area (Å²) in [6, 6.07) is 12.7. The molecule has 2 rings (SSSR count). The van der Waals surface area contributed by atoms with Gasteiger partial charge in [0.2, 0.25) is 5.91 Å². The summed E-state index contributed by atoms with van der Waals surface area (Å²) in [7, 11) is 1.25. The van der Waals surface area contributed by atoms with Crippen LogP contribution in [0, 0.1) is 0 Å². The maximum absolute atomic E-state index is 12.0. The van der Waals surface area contributed by atoms with Gasteiger partial charge in [-0.05, 0) is 18.4 Å². The van der Waals surface area contributed by atoms with Crippen LogP contribution in [0.15, 0.2) is 42.5 Å². The van der Waals surface area contributed by atoms with Crippen LogP contribution in [0.5, 0.6) is 0 Å². The van der Waals surface area contributed by atoms with Gasteiger partial charge in [0, 0.05) is 11.1 Å².